The van der Waals surface area contributed by atoms with E-state index in [-0.39, 0.29) is 4.75 Å². The van der Waals surface area contributed by atoms with E-state index in [1.807, 2.05) is 11.8 Å². The average molecular weight is 436 g/mol. The zero-order chi connectivity index (χ0) is 19.9. The van der Waals surface area contributed by atoms with Gasteiger partial charge in [-0.1, -0.05) is 13.8 Å². The van der Waals surface area contributed by atoms with Crippen molar-refractivity contribution in [3.05, 3.63) is 0 Å². The standard InChI is InChI=1S/C20H41N3OS3/c1-17(2)26-12-10-23-7-6-21(5)14-18(23)19-15-22(8-11-24-19)9-13-27-20(3,4)16-25/h17-19,25H,6-16H2,1-5H3. The molecule has 0 amide bonds. The van der Waals surface area contributed by atoms with Gasteiger partial charge in [0.2, 0.25) is 0 Å². The van der Waals surface area contributed by atoms with Crippen molar-refractivity contribution in [2.75, 3.05) is 76.7 Å². The lowest BCUT2D eigenvalue weighted by Gasteiger charge is -2.46. The Morgan fingerprint density at radius 3 is 2.59 bits per heavy atom. The summed E-state index contributed by atoms with van der Waals surface area (Å²) in [4.78, 5) is 7.79. The second kappa shape index (κ2) is 11.9. The summed E-state index contributed by atoms with van der Waals surface area (Å²) >= 11 is 8.60. The highest BCUT2D eigenvalue weighted by atomic mass is 32.2. The molecule has 2 unspecified atom stereocenters. The van der Waals surface area contributed by atoms with Crippen LogP contribution in [-0.2, 0) is 4.74 Å². The Balaban J connectivity index is 1.85. The van der Waals surface area contributed by atoms with Crippen LogP contribution in [0.2, 0.25) is 0 Å². The van der Waals surface area contributed by atoms with Gasteiger partial charge in [-0.15, -0.1) is 0 Å². The van der Waals surface area contributed by atoms with Gasteiger partial charge in [-0.05, 0) is 26.1 Å². The Morgan fingerprint density at radius 1 is 1.11 bits per heavy atom. The van der Waals surface area contributed by atoms with Crippen LogP contribution in [0, 0.1) is 0 Å². The zero-order valence-corrected chi connectivity index (χ0v) is 20.6. The fourth-order valence-corrected chi connectivity index (χ4v) is 5.77. The highest BCUT2D eigenvalue weighted by Gasteiger charge is 2.35. The first-order chi connectivity index (χ1) is 12.8. The number of morpholine rings is 1. The number of rotatable bonds is 10. The highest BCUT2D eigenvalue weighted by molar-refractivity contribution is 8.01. The zero-order valence-electron chi connectivity index (χ0n) is 18.0. The molecular weight excluding hydrogens is 394 g/mol. The number of thioether (sulfide) groups is 2. The second-order valence-corrected chi connectivity index (χ2v) is 12.6. The van der Waals surface area contributed by atoms with Crippen molar-refractivity contribution in [2.24, 2.45) is 0 Å². The van der Waals surface area contributed by atoms with Crippen LogP contribution >= 0.6 is 36.2 Å². The number of likely N-dealkylation sites (N-methyl/N-ethyl adjacent to an activating group) is 1. The van der Waals surface area contributed by atoms with Crippen molar-refractivity contribution in [1.82, 2.24) is 14.7 Å². The highest BCUT2D eigenvalue weighted by Crippen LogP contribution is 2.26. The second-order valence-electron chi connectivity index (χ2n) is 8.76. The molecule has 0 aromatic heterocycles. The van der Waals surface area contributed by atoms with Gasteiger partial charge in [0.15, 0.2) is 0 Å². The number of nitrogens with zero attached hydrogens (tertiary/aromatic N) is 3. The summed E-state index contributed by atoms with van der Waals surface area (Å²) < 4.78 is 6.56. The minimum Gasteiger partial charge on any atom is -0.374 e. The van der Waals surface area contributed by atoms with Crippen LogP contribution < -0.4 is 0 Å². The van der Waals surface area contributed by atoms with Crippen molar-refractivity contribution in [3.8, 4) is 0 Å². The minimum absolute atomic E-state index is 0.270. The van der Waals surface area contributed by atoms with Gasteiger partial charge in [-0.25, -0.2) is 0 Å². The molecule has 160 valence electrons. The van der Waals surface area contributed by atoms with E-state index in [1.165, 1.54) is 31.1 Å². The van der Waals surface area contributed by atoms with Crippen LogP contribution in [0.5, 0.6) is 0 Å². The smallest absolute Gasteiger partial charge is 0.0869 e. The van der Waals surface area contributed by atoms with Crippen molar-refractivity contribution in [3.63, 3.8) is 0 Å². The summed E-state index contributed by atoms with van der Waals surface area (Å²) in [5.41, 5.74) is 0. The molecule has 0 radical (unpaired) electrons. The maximum atomic E-state index is 6.29. The number of ether oxygens (including phenoxy) is 1. The number of hydrogen-bond acceptors (Lipinski definition) is 7. The normalized spacial score (nSPS) is 26.8. The van der Waals surface area contributed by atoms with E-state index < -0.39 is 0 Å². The average Bonchev–Trinajstić information content (AvgIpc) is 2.63. The van der Waals surface area contributed by atoms with Crippen molar-refractivity contribution < 1.29 is 4.74 Å². The lowest BCUT2D eigenvalue weighted by Crippen LogP contribution is -2.61. The van der Waals surface area contributed by atoms with Gasteiger partial charge >= 0.3 is 0 Å². The molecule has 7 heteroatoms. The maximum Gasteiger partial charge on any atom is 0.0869 e. The molecule has 0 aliphatic carbocycles. The molecule has 2 heterocycles. The van der Waals surface area contributed by atoms with E-state index >= 15 is 0 Å². The topological polar surface area (TPSA) is 19.0 Å². The predicted molar refractivity (Wildman–Crippen MR) is 127 cm³/mol. The first-order valence-electron chi connectivity index (χ1n) is 10.4. The van der Waals surface area contributed by atoms with Gasteiger partial charge in [0.25, 0.3) is 0 Å². The Labute approximate surface area is 181 Å². The Morgan fingerprint density at radius 2 is 1.89 bits per heavy atom. The van der Waals surface area contributed by atoms with Crippen LogP contribution in [-0.4, -0.2) is 114 Å². The van der Waals surface area contributed by atoms with Crippen LogP contribution in [0.1, 0.15) is 27.7 Å². The van der Waals surface area contributed by atoms with Crippen LogP contribution in [0.4, 0.5) is 0 Å². The third-order valence-electron chi connectivity index (χ3n) is 5.45. The fourth-order valence-electron chi connectivity index (χ4n) is 3.69. The van der Waals surface area contributed by atoms with E-state index in [1.54, 1.807) is 0 Å². The molecule has 2 aliphatic heterocycles. The quantitative estimate of drug-likeness (QED) is 0.528. The molecular formula is C20H41N3OS3. The van der Waals surface area contributed by atoms with Gasteiger partial charge in [0.05, 0.1) is 12.7 Å². The SMILES string of the molecule is CC(C)SCCN1CCN(C)CC1C1CN(CCSC(C)(C)CS)CCO1. The summed E-state index contributed by atoms with van der Waals surface area (Å²) in [6, 6.07) is 0.529. The molecule has 2 fully saturated rings. The van der Waals surface area contributed by atoms with Crippen LogP contribution in [0.3, 0.4) is 0 Å². The molecule has 2 saturated heterocycles. The molecule has 2 rings (SSSR count). The molecule has 2 atom stereocenters. The van der Waals surface area contributed by atoms with Gasteiger partial charge in [-0.3, -0.25) is 9.80 Å². The predicted octanol–water partition coefficient (Wildman–Crippen LogP) is 2.89. The Bertz CT molecular complexity index is 425. The third kappa shape index (κ3) is 8.65. The summed E-state index contributed by atoms with van der Waals surface area (Å²) in [6.07, 6.45) is 0.341. The van der Waals surface area contributed by atoms with Gasteiger partial charge < -0.3 is 9.64 Å². The van der Waals surface area contributed by atoms with Crippen LogP contribution in [0.15, 0.2) is 0 Å². The lowest BCUT2D eigenvalue weighted by atomic mass is 10.0. The number of thiol groups is 1. The molecule has 0 spiro atoms. The molecule has 0 aromatic carbocycles. The molecule has 27 heavy (non-hydrogen) atoms. The molecule has 2 aliphatic rings. The van der Waals surface area contributed by atoms with Crippen LogP contribution in [0.25, 0.3) is 0 Å². The van der Waals surface area contributed by atoms with Crippen molar-refractivity contribution in [2.45, 2.75) is 49.8 Å². The first-order valence-corrected chi connectivity index (χ1v) is 13.1. The third-order valence-corrected chi connectivity index (χ3v) is 8.86. The van der Waals surface area contributed by atoms with Gasteiger partial charge in [0, 0.05) is 73.9 Å². The fraction of sp³-hybridized carbons (Fsp3) is 1.00. The monoisotopic (exact) mass is 435 g/mol. The molecule has 0 saturated carbocycles. The number of hydrogen-bond donors (Lipinski definition) is 1. The Kier molecular flexibility index (Phi) is 10.7. The van der Waals surface area contributed by atoms with Gasteiger partial charge in [-0.2, -0.15) is 36.2 Å². The Hall–Kier alpha value is 0.890. The minimum atomic E-state index is 0.270. The summed E-state index contributed by atoms with van der Waals surface area (Å²) in [6.45, 7) is 18.0. The summed E-state index contributed by atoms with van der Waals surface area (Å²) in [5, 5.41) is 0.719. The van der Waals surface area contributed by atoms with E-state index in [2.05, 4.69) is 73.8 Å². The van der Waals surface area contributed by atoms with E-state index in [0.717, 1.165) is 43.8 Å². The molecule has 4 nitrogen and oxygen atoms in total. The molecule has 0 N–H and O–H groups in total. The van der Waals surface area contributed by atoms with E-state index in [4.69, 9.17) is 4.74 Å². The van der Waals surface area contributed by atoms with Gasteiger partial charge in [0.1, 0.15) is 0 Å². The van der Waals surface area contributed by atoms with E-state index in [0.29, 0.717) is 12.1 Å². The maximum absolute atomic E-state index is 6.29. The first kappa shape index (κ1) is 24.2. The van der Waals surface area contributed by atoms with Crippen molar-refractivity contribution in [1.29, 1.82) is 0 Å². The summed E-state index contributed by atoms with van der Waals surface area (Å²) in [5.74, 6) is 3.34. The molecule has 0 aromatic rings. The number of piperazine rings is 1. The van der Waals surface area contributed by atoms with Crippen molar-refractivity contribution >= 4 is 36.2 Å². The summed E-state index contributed by atoms with van der Waals surface area (Å²) in [7, 11) is 2.25. The lowest BCUT2D eigenvalue weighted by molar-refractivity contribution is -0.0854. The van der Waals surface area contributed by atoms with E-state index in [9.17, 15) is 0 Å². The molecule has 0 bridgehead atoms. The largest absolute Gasteiger partial charge is 0.374 e.